The molecule has 2 fully saturated rings. The summed E-state index contributed by atoms with van der Waals surface area (Å²) in [6.07, 6.45) is 2.04. The molecule has 1 aromatic rings. The van der Waals surface area contributed by atoms with Crippen molar-refractivity contribution in [2.45, 2.75) is 37.2 Å². The molecular weight excluding hydrogens is 252 g/mol. The molecule has 1 aromatic heterocycles. The average molecular weight is 268 g/mol. The second-order valence-electron chi connectivity index (χ2n) is 5.25. The molecule has 19 heavy (non-hydrogen) atoms. The molecular formula is C12H16N2O5. The van der Waals surface area contributed by atoms with E-state index in [0.29, 0.717) is 6.42 Å². The van der Waals surface area contributed by atoms with Crippen LogP contribution in [0.3, 0.4) is 0 Å². The van der Waals surface area contributed by atoms with Gasteiger partial charge in [0.25, 0.3) is 5.56 Å². The third-order valence-electron chi connectivity index (χ3n) is 4.20. The van der Waals surface area contributed by atoms with Gasteiger partial charge >= 0.3 is 5.69 Å². The number of hydrogen-bond acceptors (Lipinski definition) is 5. The quantitative estimate of drug-likeness (QED) is 0.635. The van der Waals surface area contributed by atoms with Crippen molar-refractivity contribution in [3.05, 3.63) is 33.1 Å². The van der Waals surface area contributed by atoms with Gasteiger partial charge in [0.1, 0.15) is 11.8 Å². The largest absolute Gasteiger partial charge is 0.393 e. The van der Waals surface area contributed by atoms with Gasteiger partial charge in [0.15, 0.2) is 0 Å². The lowest BCUT2D eigenvalue weighted by Crippen LogP contribution is -2.47. The van der Waals surface area contributed by atoms with E-state index < -0.39 is 29.2 Å². The number of aromatic nitrogens is 2. The number of aliphatic hydroxyl groups excluding tert-OH is 2. The molecule has 1 saturated carbocycles. The Hall–Kier alpha value is -1.44. The van der Waals surface area contributed by atoms with Crippen molar-refractivity contribution in [3.63, 3.8) is 0 Å². The molecule has 1 aliphatic carbocycles. The molecule has 2 heterocycles. The first-order chi connectivity index (χ1) is 9.07. The van der Waals surface area contributed by atoms with Crippen molar-refractivity contribution in [1.82, 2.24) is 9.55 Å². The van der Waals surface area contributed by atoms with E-state index in [1.165, 1.54) is 16.8 Å². The number of aliphatic hydroxyl groups is 2. The number of rotatable bonds is 2. The predicted octanol–water partition coefficient (Wildman–Crippen LogP) is -1.04. The molecule has 0 spiro atoms. The second-order valence-corrected chi connectivity index (χ2v) is 5.25. The Bertz CT molecular complexity index is 594. The van der Waals surface area contributed by atoms with Gasteiger partial charge in [-0.25, -0.2) is 4.79 Å². The van der Waals surface area contributed by atoms with Gasteiger partial charge in [-0.3, -0.25) is 14.3 Å². The molecule has 0 radical (unpaired) electrons. The highest BCUT2D eigenvalue weighted by Crippen LogP contribution is 2.49. The Balaban J connectivity index is 2.03. The van der Waals surface area contributed by atoms with Crippen molar-refractivity contribution in [2.75, 3.05) is 6.61 Å². The number of nitrogens with one attached hydrogen (secondary N) is 1. The van der Waals surface area contributed by atoms with E-state index in [4.69, 9.17) is 4.74 Å². The third-order valence-corrected chi connectivity index (χ3v) is 4.20. The Labute approximate surface area is 108 Å². The van der Waals surface area contributed by atoms with E-state index >= 15 is 0 Å². The molecule has 1 saturated heterocycles. The summed E-state index contributed by atoms with van der Waals surface area (Å²) in [7, 11) is 0. The summed E-state index contributed by atoms with van der Waals surface area (Å²) >= 11 is 0. The van der Waals surface area contributed by atoms with Gasteiger partial charge in [-0.1, -0.05) is 0 Å². The van der Waals surface area contributed by atoms with Crippen LogP contribution in [0, 0.1) is 5.92 Å². The van der Waals surface area contributed by atoms with Crippen LogP contribution in [0.1, 0.15) is 25.5 Å². The van der Waals surface area contributed by atoms with Gasteiger partial charge in [-0.05, 0) is 19.3 Å². The third kappa shape index (κ3) is 1.77. The normalized spacial score (nSPS) is 37.5. The number of aromatic amines is 1. The topological polar surface area (TPSA) is 105 Å². The van der Waals surface area contributed by atoms with Crippen molar-refractivity contribution in [1.29, 1.82) is 0 Å². The highest BCUT2D eigenvalue weighted by atomic mass is 16.6. The number of fused-ring (bicyclic) bond motifs is 2. The molecule has 104 valence electrons. The van der Waals surface area contributed by atoms with Crippen LogP contribution in [-0.4, -0.2) is 38.1 Å². The minimum atomic E-state index is -0.983. The van der Waals surface area contributed by atoms with Gasteiger partial charge < -0.3 is 14.9 Å². The fourth-order valence-electron chi connectivity index (χ4n) is 3.19. The summed E-state index contributed by atoms with van der Waals surface area (Å²) in [4.78, 5) is 25.0. The molecule has 1 aliphatic heterocycles. The van der Waals surface area contributed by atoms with Crippen LogP contribution in [0.25, 0.3) is 0 Å². The number of H-pyrrole nitrogens is 1. The van der Waals surface area contributed by atoms with Gasteiger partial charge in [0, 0.05) is 18.2 Å². The van der Waals surface area contributed by atoms with Crippen LogP contribution in [-0.2, 0) is 4.74 Å². The first-order valence-corrected chi connectivity index (χ1v) is 6.36. The Morgan fingerprint density at radius 3 is 2.95 bits per heavy atom. The van der Waals surface area contributed by atoms with Crippen LogP contribution in [0.15, 0.2) is 21.9 Å². The highest BCUT2D eigenvalue weighted by molar-refractivity contribution is 5.04. The van der Waals surface area contributed by atoms with Crippen LogP contribution in [0.5, 0.6) is 0 Å². The minimum Gasteiger partial charge on any atom is -0.393 e. The van der Waals surface area contributed by atoms with Gasteiger partial charge in [0.05, 0.1) is 12.7 Å². The van der Waals surface area contributed by atoms with E-state index in [1.54, 1.807) is 0 Å². The maximum absolute atomic E-state index is 11.8. The van der Waals surface area contributed by atoms with Crippen LogP contribution < -0.4 is 11.2 Å². The first kappa shape index (κ1) is 12.6. The van der Waals surface area contributed by atoms with E-state index in [2.05, 4.69) is 4.98 Å². The number of ether oxygens (including phenoxy) is 1. The van der Waals surface area contributed by atoms with Crippen molar-refractivity contribution in [2.24, 2.45) is 5.92 Å². The smallest absolute Gasteiger partial charge is 0.330 e. The molecule has 0 aromatic carbocycles. The Morgan fingerprint density at radius 2 is 2.32 bits per heavy atom. The Morgan fingerprint density at radius 1 is 1.53 bits per heavy atom. The summed E-state index contributed by atoms with van der Waals surface area (Å²) in [5, 5.41) is 19.8. The van der Waals surface area contributed by atoms with Crippen LogP contribution in [0.4, 0.5) is 0 Å². The van der Waals surface area contributed by atoms with Crippen LogP contribution in [0.2, 0.25) is 0 Å². The fourth-order valence-corrected chi connectivity index (χ4v) is 3.19. The summed E-state index contributed by atoms with van der Waals surface area (Å²) in [6.45, 7) is -0.279. The lowest BCUT2D eigenvalue weighted by molar-refractivity contribution is -0.132. The molecule has 2 aliphatic rings. The molecule has 7 heteroatoms. The average Bonchev–Trinajstić information content (AvgIpc) is 2.56. The van der Waals surface area contributed by atoms with E-state index in [-0.39, 0.29) is 12.5 Å². The Kier molecular flexibility index (Phi) is 2.84. The molecule has 4 atom stereocenters. The number of hydrogen-bond donors (Lipinski definition) is 3. The van der Waals surface area contributed by atoms with Gasteiger partial charge in [-0.15, -0.1) is 0 Å². The van der Waals surface area contributed by atoms with Crippen molar-refractivity contribution >= 4 is 0 Å². The van der Waals surface area contributed by atoms with E-state index in [0.717, 1.165) is 12.8 Å². The summed E-state index contributed by atoms with van der Waals surface area (Å²) in [5.41, 5.74) is -2.02. The summed E-state index contributed by atoms with van der Waals surface area (Å²) in [6, 6.07) is 1.24. The standard InChI is InChI=1S/C12H16N2O5/c15-6-12-4-1-2-7(9(12)17)10(19-12)14-5-3-8(16)13-11(14)18/h3,5,7,9-10,15,17H,1-2,4,6H2,(H,13,16,18)/t7-,9+,10-,12-/m1/s1. The molecule has 7 nitrogen and oxygen atoms in total. The predicted molar refractivity (Wildman–Crippen MR) is 64.6 cm³/mol. The van der Waals surface area contributed by atoms with Crippen molar-refractivity contribution in [3.8, 4) is 0 Å². The summed E-state index contributed by atoms with van der Waals surface area (Å²) in [5.74, 6) is -0.246. The highest BCUT2D eigenvalue weighted by Gasteiger charge is 2.56. The minimum absolute atomic E-state index is 0.246. The lowest BCUT2D eigenvalue weighted by Gasteiger charge is -2.33. The van der Waals surface area contributed by atoms with Gasteiger partial charge in [-0.2, -0.15) is 0 Å². The molecule has 3 rings (SSSR count). The van der Waals surface area contributed by atoms with E-state index in [1.807, 2.05) is 0 Å². The maximum atomic E-state index is 11.8. The zero-order valence-electron chi connectivity index (χ0n) is 10.3. The molecule has 2 bridgehead atoms. The van der Waals surface area contributed by atoms with E-state index in [9.17, 15) is 19.8 Å². The fraction of sp³-hybridized carbons (Fsp3) is 0.667. The monoisotopic (exact) mass is 268 g/mol. The first-order valence-electron chi connectivity index (χ1n) is 6.36. The van der Waals surface area contributed by atoms with Crippen LogP contribution >= 0.6 is 0 Å². The van der Waals surface area contributed by atoms with Gasteiger partial charge in [0.2, 0.25) is 0 Å². The molecule has 0 unspecified atom stereocenters. The SMILES string of the molecule is O=c1ccn([C@@H]2O[C@@]3(CO)CCC[C@@H]2[C@@H]3O)c(=O)[nH]1. The zero-order chi connectivity index (χ0) is 13.6. The number of nitrogens with zero attached hydrogens (tertiary/aromatic N) is 1. The summed E-state index contributed by atoms with van der Waals surface area (Å²) < 4.78 is 7.06. The lowest BCUT2D eigenvalue weighted by atomic mass is 9.78. The zero-order valence-corrected chi connectivity index (χ0v) is 10.3. The maximum Gasteiger partial charge on any atom is 0.330 e. The molecule has 3 N–H and O–H groups in total. The second kappa shape index (κ2) is 4.29. The van der Waals surface area contributed by atoms with Crippen molar-refractivity contribution < 1.29 is 14.9 Å². The molecule has 0 amide bonds.